The van der Waals surface area contributed by atoms with Gasteiger partial charge in [-0.05, 0) is 37.9 Å². The molecule has 1 N–H and O–H groups in total. The smallest absolute Gasteiger partial charge is 0.357 e. The number of likely N-dealkylation sites (tertiary alicyclic amines) is 1. The Labute approximate surface area is 175 Å². The van der Waals surface area contributed by atoms with E-state index in [9.17, 15) is 13.2 Å². The monoisotopic (exact) mass is 425 g/mol. The van der Waals surface area contributed by atoms with Crippen LogP contribution in [0.15, 0.2) is 29.4 Å². The minimum Gasteiger partial charge on any atom is -0.357 e. The fourth-order valence-corrected chi connectivity index (χ4v) is 3.85. The van der Waals surface area contributed by atoms with Crippen LogP contribution in [0.1, 0.15) is 26.1 Å². The molecule has 1 aliphatic rings. The van der Waals surface area contributed by atoms with Gasteiger partial charge >= 0.3 is 6.18 Å². The minimum absolute atomic E-state index is 0.205. The van der Waals surface area contributed by atoms with Crippen LogP contribution in [-0.2, 0) is 6.42 Å². The van der Waals surface area contributed by atoms with Crippen molar-refractivity contribution >= 4 is 11.6 Å². The van der Waals surface area contributed by atoms with E-state index in [0.717, 1.165) is 36.9 Å². The summed E-state index contributed by atoms with van der Waals surface area (Å²) < 4.78 is 40.2. The molecule has 2 aromatic heterocycles. The van der Waals surface area contributed by atoms with Gasteiger partial charge in [0.05, 0.1) is 6.54 Å². The van der Waals surface area contributed by atoms with E-state index in [-0.39, 0.29) is 5.92 Å². The number of fused-ring (bicyclic) bond motifs is 1. The molecular formula is C20H30F3N7. The summed E-state index contributed by atoms with van der Waals surface area (Å²) in [5, 5.41) is 11.7. The normalized spacial score (nSPS) is 18.0. The van der Waals surface area contributed by atoms with Crippen molar-refractivity contribution in [1.82, 2.24) is 29.7 Å². The van der Waals surface area contributed by atoms with E-state index in [1.807, 2.05) is 35.7 Å². The molecule has 166 valence electrons. The first kappa shape index (κ1) is 22.3. The van der Waals surface area contributed by atoms with E-state index < -0.39 is 12.7 Å². The van der Waals surface area contributed by atoms with Crippen LogP contribution in [0.25, 0.3) is 5.65 Å². The highest BCUT2D eigenvalue weighted by atomic mass is 19.4. The summed E-state index contributed by atoms with van der Waals surface area (Å²) in [4.78, 5) is 8.36. The van der Waals surface area contributed by atoms with Crippen molar-refractivity contribution in [3.63, 3.8) is 0 Å². The van der Waals surface area contributed by atoms with Gasteiger partial charge in [0.25, 0.3) is 0 Å². The minimum atomic E-state index is -4.16. The molecule has 0 aromatic carbocycles. The van der Waals surface area contributed by atoms with Crippen LogP contribution in [0, 0.1) is 5.92 Å². The lowest BCUT2D eigenvalue weighted by Crippen LogP contribution is -2.42. The molecule has 10 heteroatoms. The molecule has 2 aromatic rings. The van der Waals surface area contributed by atoms with E-state index in [1.54, 1.807) is 6.92 Å². The Morgan fingerprint density at radius 2 is 2.13 bits per heavy atom. The van der Waals surface area contributed by atoms with Crippen LogP contribution in [0.5, 0.6) is 0 Å². The zero-order chi connectivity index (χ0) is 21.6. The Balaban J connectivity index is 1.56. The molecule has 1 atom stereocenters. The molecule has 1 unspecified atom stereocenters. The van der Waals surface area contributed by atoms with Crippen molar-refractivity contribution in [2.75, 3.05) is 45.8 Å². The molecule has 0 amide bonds. The highest BCUT2D eigenvalue weighted by Gasteiger charge is 2.33. The first-order valence-electron chi connectivity index (χ1n) is 10.5. The van der Waals surface area contributed by atoms with Crippen LogP contribution in [-0.4, -0.2) is 82.3 Å². The number of hydrogen-bond donors (Lipinski definition) is 1. The zero-order valence-electron chi connectivity index (χ0n) is 17.6. The molecule has 3 rings (SSSR count). The van der Waals surface area contributed by atoms with Crippen LogP contribution in [0.2, 0.25) is 0 Å². The topological polar surface area (TPSA) is 61.1 Å². The van der Waals surface area contributed by atoms with Gasteiger partial charge in [-0.25, -0.2) is 0 Å². The van der Waals surface area contributed by atoms with Crippen LogP contribution >= 0.6 is 0 Å². The number of nitrogens with zero attached hydrogens (tertiary/aromatic N) is 6. The maximum absolute atomic E-state index is 12.7. The van der Waals surface area contributed by atoms with Crippen molar-refractivity contribution in [3.8, 4) is 0 Å². The Bertz CT molecular complexity index is 833. The number of guanidine groups is 1. The second-order valence-electron chi connectivity index (χ2n) is 7.57. The Morgan fingerprint density at radius 1 is 1.30 bits per heavy atom. The first-order chi connectivity index (χ1) is 14.4. The summed E-state index contributed by atoms with van der Waals surface area (Å²) in [6.07, 6.45) is -0.693. The lowest BCUT2D eigenvalue weighted by Gasteiger charge is -2.26. The molecule has 0 aliphatic carbocycles. The molecular weight excluding hydrogens is 395 g/mol. The molecule has 1 fully saturated rings. The average Bonchev–Trinajstić information content (AvgIpc) is 3.33. The number of nitrogens with one attached hydrogen (secondary N) is 1. The van der Waals surface area contributed by atoms with Gasteiger partial charge in [0, 0.05) is 45.3 Å². The van der Waals surface area contributed by atoms with Crippen molar-refractivity contribution < 1.29 is 13.2 Å². The fourth-order valence-electron chi connectivity index (χ4n) is 3.85. The number of pyridine rings is 1. The van der Waals surface area contributed by atoms with Crippen LogP contribution in [0.3, 0.4) is 0 Å². The average molecular weight is 426 g/mol. The predicted octanol–water partition coefficient (Wildman–Crippen LogP) is 2.44. The van der Waals surface area contributed by atoms with Gasteiger partial charge in [0.2, 0.25) is 0 Å². The van der Waals surface area contributed by atoms with Gasteiger partial charge in [-0.1, -0.05) is 13.0 Å². The van der Waals surface area contributed by atoms with E-state index in [1.165, 1.54) is 4.90 Å². The van der Waals surface area contributed by atoms with E-state index in [0.29, 0.717) is 32.6 Å². The van der Waals surface area contributed by atoms with Crippen molar-refractivity contribution in [3.05, 3.63) is 30.2 Å². The van der Waals surface area contributed by atoms with Gasteiger partial charge in [0.1, 0.15) is 5.82 Å². The Kier molecular flexibility index (Phi) is 7.52. The van der Waals surface area contributed by atoms with E-state index in [2.05, 4.69) is 20.4 Å². The third kappa shape index (κ3) is 6.07. The Hall–Kier alpha value is -2.36. The predicted molar refractivity (Wildman–Crippen MR) is 111 cm³/mol. The standard InChI is InChI=1S/C20H30F3N7/c1-3-24-19(25-10-8-18-27-26-17-7-5-6-11-30(17)18)29-12-9-16(14-29)13-28(4-2)15-20(21,22)23/h5-7,11,16H,3-4,8-10,12-15H2,1-2H3,(H,24,25). The lowest BCUT2D eigenvalue weighted by molar-refractivity contribution is -0.146. The van der Waals surface area contributed by atoms with E-state index >= 15 is 0 Å². The number of hydrogen-bond acceptors (Lipinski definition) is 4. The summed E-state index contributed by atoms with van der Waals surface area (Å²) >= 11 is 0. The molecule has 0 spiro atoms. The summed E-state index contributed by atoms with van der Waals surface area (Å²) in [5.41, 5.74) is 0.810. The largest absolute Gasteiger partial charge is 0.401 e. The summed E-state index contributed by atoms with van der Waals surface area (Å²) in [6, 6.07) is 5.77. The van der Waals surface area contributed by atoms with Crippen molar-refractivity contribution in [1.29, 1.82) is 0 Å². The summed E-state index contributed by atoms with van der Waals surface area (Å²) in [5.74, 6) is 1.87. The molecule has 7 nitrogen and oxygen atoms in total. The second kappa shape index (κ2) is 10.1. The maximum atomic E-state index is 12.7. The molecule has 0 bridgehead atoms. The number of halogens is 3. The van der Waals surface area contributed by atoms with Gasteiger partial charge in [-0.15, -0.1) is 10.2 Å². The molecule has 1 saturated heterocycles. The third-order valence-corrected chi connectivity index (χ3v) is 5.27. The second-order valence-corrected chi connectivity index (χ2v) is 7.57. The van der Waals surface area contributed by atoms with Crippen LogP contribution < -0.4 is 5.32 Å². The highest BCUT2D eigenvalue weighted by molar-refractivity contribution is 5.80. The molecule has 0 saturated carbocycles. The SMILES string of the molecule is CCNC(=NCCc1nnc2ccccn12)N1CCC(CN(CC)CC(F)(F)F)C1. The summed E-state index contributed by atoms with van der Waals surface area (Å²) in [7, 11) is 0. The quantitative estimate of drug-likeness (QED) is 0.520. The lowest BCUT2D eigenvalue weighted by atomic mass is 10.1. The number of aromatic nitrogens is 3. The van der Waals surface area contributed by atoms with Gasteiger partial charge < -0.3 is 10.2 Å². The molecule has 3 heterocycles. The molecule has 1 aliphatic heterocycles. The number of aliphatic imine (C=N–C) groups is 1. The van der Waals surface area contributed by atoms with Crippen molar-refractivity contribution in [2.45, 2.75) is 32.9 Å². The third-order valence-electron chi connectivity index (χ3n) is 5.27. The molecule has 30 heavy (non-hydrogen) atoms. The van der Waals surface area contributed by atoms with Crippen LogP contribution in [0.4, 0.5) is 13.2 Å². The van der Waals surface area contributed by atoms with Gasteiger partial charge in [-0.2, -0.15) is 13.2 Å². The number of alkyl halides is 3. The highest BCUT2D eigenvalue weighted by Crippen LogP contribution is 2.21. The Morgan fingerprint density at radius 3 is 2.87 bits per heavy atom. The van der Waals surface area contributed by atoms with Gasteiger partial charge in [-0.3, -0.25) is 14.3 Å². The fraction of sp³-hybridized carbons (Fsp3) is 0.650. The maximum Gasteiger partial charge on any atom is 0.401 e. The molecule has 0 radical (unpaired) electrons. The zero-order valence-corrected chi connectivity index (χ0v) is 17.6. The van der Waals surface area contributed by atoms with E-state index in [4.69, 9.17) is 4.99 Å². The van der Waals surface area contributed by atoms with Crippen molar-refractivity contribution in [2.24, 2.45) is 10.9 Å². The van der Waals surface area contributed by atoms with Gasteiger partial charge in [0.15, 0.2) is 11.6 Å². The first-order valence-corrected chi connectivity index (χ1v) is 10.5. The summed E-state index contributed by atoms with van der Waals surface area (Å²) in [6.45, 7) is 6.61. The number of rotatable bonds is 8.